The van der Waals surface area contributed by atoms with E-state index in [9.17, 15) is 4.79 Å². The molecule has 0 atom stereocenters. The van der Waals surface area contributed by atoms with Gasteiger partial charge in [0.15, 0.2) is 0 Å². The molecule has 1 aliphatic heterocycles. The van der Waals surface area contributed by atoms with Crippen LogP contribution in [0.1, 0.15) is 36.0 Å². The number of anilines is 2. The zero-order valence-corrected chi connectivity index (χ0v) is 15.5. The molecule has 1 saturated heterocycles. The number of benzene rings is 2. The Hall–Kier alpha value is -2.69. The number of methoxy groups -OCH3 is 2. The molecule has 1 aliphatic rings. The minimum Gasteiger partial charge on any atom is -0.496 e. The average Bonchev–Trinajstić information content (AvgIpc) is 2.97. The molecule has 1 heterocycles. The lowest BCUT2D eigenvalue weighted by Crippen LogP contribution is -2.23. The summed E-state index contributed by atoms with van der Waals surface area (Å²) in [7, 11) is 3.09. The largest absolute Gasteiger partial charge is 0.496 e. The lowest BCUT2D eigenvalue weighted by molar-refractivity contribution is 0.102. The van der Waals surface area contributed by atoms with E-state index in [1.165, 1.54) is 31.4 Å². The van der Waals surface area contributed by atoms with E-state index in [4.69, 9.17) is 9.47 Å². The molecule has 1 fully saturated rings. The molecule has 138 valence electrons. The van der Waals surface area contributed by atoms with E-state index < -0.39 is 0 Å². The third kappa shape index (κ3) is 4.10. The normalized spacial score (nSPS) is 14.5. The number of nitrogens with zero attached hydrogens (tertiary/aromatic N) is 1. The summed E-state index contributed by atoms with van der Waals surface area (Å²) in [6, 6.07) is 13.3. The first kappa shape index (κ1) is 18.1. The van der Waals surface area contributed by atoms with Crippen molar-refractivity contribution < 1.29 is 14.3 Å². The van der Waals surface area contributed by atoms with E-state index in [1.807, 2.05) is 12.1 Å². The molecule has 3 rings (SSSR count). The molecule has 2 aromatic carbocycles. The van der Waals surface area contributed by atoms with Crippen molar-refractivity contribution in [3.05, 3.63) is 48.0 Å². The lowest BCUT2D eigenvalue weighted by Gasteiger charge is -2.22. The minimum absolute atomic E-state index is 0.248. The van der Waals surface area contributed by atoms with Gasteiger partial charge in [-0.2, -0.15) is 0 Å². The SMILES string of the molecule is COc1cccc(OC)c1C(=O)Nc1ccc(N2CCCCCC2)cc1. The van der Waals surface area contributed by atoms with Gasteiger partial charge in [0.1, 0.15) is 17.1 Å². The van der Waals surface area contributed by atoms with Crippen molar-refractivity contribution in [3.8, 4) is 11.5 Å². The van der Waals surface area contributed by atoms with Gasteiger partial charge in [-0.25, -0.2) is 0 Å². The highest BCUT2D eigenvalue weighted by Gasteiger charge is 2.18. The van der Waals surface area contributed by atoms with Crippen LogP contribution in [0.25, 0.3) is 0 Å². The van der Waals surface area contributed by atoms with Gasteiger partial charge in [0.25, 0.3) is 5.91 Å². The standard InChI is InChI=1S/C21H26N2O3/c1-25-18-8-7-9-19(26-2)20(18)21(24)22-16-10-12-17(13-11-16)23-14-5-3-4-6-15-23/h7-13H,3-6,14-15H2,1-2H3,(H,22,24). The van der Waals surface area contributed by atoms with E-state index in [0.717, 1.165) is 18.8 Å². The maximum atomic E-state index is 12.7. The molecule has 1 amide bonds. The molecule has 0 radical (unpaired) electrons. The van der Waals surface area contributed by atoms with Crippen molar-refractivity contribution in [1.29, 1.82) is 0 Å². The Balaban J connectivity index is 1.74. The smallest absolute Gasteiger partial charge is 0.263 e. The fourth-order valence-corrected chi connectivity index (χ4v) is 3.35. The molecule has 0 unspecified atom stereocenters. The number of rotatable bonds is 5. The van der Waals surface area contributed by atoms with Crippen molar-refractivity contribution in [2.75, 3.05) is 37.5 Å². The fraction of sp³-hybridized carbons (Fsp3) is 0.381. The van der Waals surface area contributed by atoms with Crippen LogP contribution in [0.15, 0.2) is 42.5 Å². The molecule has 5 nitrogen and oxygen atoms in total. The summed E-state index contributed by atoms with van der Waals surface area (Å²) < 4.78 is 10.6. The van der Waals surface area contributed by atoms with Crippen molar-refractivity contribution in [3.63, 3.8) is 0 Å². The van der Waals surface area contributed by atoms with Crippen LogP contribution < -0.4 is 19.7 Å². The maximum absolute atomic E-state index is 12.7. The van der Waals surface area contributed by atoms with Gasteiger partial charge >= 0.3 is 0 Å². The van der Waals surface area contributed by atoms with Gasteiger partial charge in [-0.15, -0.1) is 0 Å². The molecule has 0 aliphatic carbocycles. The molecular formula is C21H26N2O3. The molecule has 0 aromatic heterocycles. The summed E-state index contributed by atoms with van der Waals surface area (Å²) in [5.74, 6) is 0.730. The first-order valence-electron chi connectivity index (χ1n) is 9.10. The van der Waals surface area contributed by atoms with Gasteiger partial charge in [0.2, 0.25) is 0 Å². The second kappa shape index (κ2) is 8.61. The van der Waals surface area contributed by atoms with Crippen molar-refractivity contribution in [2.45, 2.75) is 25.7 Å². The molecule has 26 heavy (non-hydrogen) atoms. The quantitative estimate of drug-likeness (QED) is 0.868. The predicted octanol–water partition coefficient (Wildman–Crippen LogP) is 4.34. The summed E-state index contributed by atoms with van der Waals surface area (Å²) in [5, 5.41) is 2.93. The van der Waals surface area contributed by atoms with Crippen LogP contribution in [0.2, 0.25) is 0 Å². The molecule has 0 spiro atoms. The van der Waals surface area contributed by atoms with Crippen LogP contribution in [0.4, 0.5) is 11.4 Å². The molecule has 0 bridgehead atoms. The minimum atomic E-state index is -0.248. The highest BCUT2D eigenvalue weighted by atomic mass is 16.5. The third-order valence-electron chi connectivity index (χ3n) is 4.75. The average molecular weight is 354 g/mol. The summed E-state index contributed by atoms with van der Waals surface area (Å²) in [6.45, 7) is 2.20. The Labute approximate surface area is 154 Å². The molecule has 5 heteroatoms. The van der Waals surface area contributed by atoms with Crippen LogP contribution in [0.3, 0.4) is 0 Å². The summed E-state index contributed by atoms with van der Waals surface area (Å²) in [4.78, 5) is 15.1. The second-order valence-electron chi connectivity index (χ2n) is 6.44. The summed E-state index contributed by atoms with van der Waals surface area (Å²) >= 11 is 0. The Morgan fingerprint density at radius 3 is 2.00 bits per heavy atom. The number of ether oxygens (including phenoxy) is 2. The first-order valence-corrected chi connectivity index (χ1v) is 9.10. The topological polar surface area (TPSA) is 50.8 Å². The second-order valence-corrected chi connectivity index (χ2v) is 6.44. The van der Waals surface area contributed by atoms with Crippen LogP contribution in [-0.2, 0) is 0 Å². The highest BCUT2D eigenvalue weighted by Crippen LogP contribution is 2.29. The number of carbonyl (C=O) groups excluding carboxylic acids is 1. The summed E-state index contributed by atoms with van der Waals surface area (Å²) in [5.41, 5.74) is 2.36. The number of carbonyl (C=O) groups is 1. The Morgan fingerprint density at radius 2 is 1.46 bits per heavy atom. The van der Waals surface area contributed by atoms with Gasteiger partial charge in [0, 0.05) is 24.5 Å². The van der Waals surface area contributed by atoms with E-state index in [0.29, 0.717) is 17.1 Å². The molecule has 1 N–H and O–H groups in total. The highest BCUT2D eigenvalue weighted by molar-refractivity contribution is 6.08. The number of nitrogens with one attached hydrogen (secondary N) is 1. The van der Waals surface area contributed by atoms with Gasteiger partial charge in [-0.3, -0.25) is 4.79 Å². The van der Waals surface area contributed by atoms with Gasteiger partial charge in [-0.05, 0) is 49.2 Å². The monoisotopic (exact) mass is 354 g/mol. The van der Waals surface area contributed by atoms with Gasteiger partial charge < -0.3 is 19.7 Å². The predicted molar refractivity (Wildman–Crippen MR) is 105 cm³/mol. The van der Waals surface area contributed by atoms with E-state index >= 15 is 0 Å². The number of hydrogen-bond acceptors (Lipinski definition) is 4. The zero-order chi connectivity index (χ0) is 18.4. The maximum Gasteiger partial charge on any atom is 0.263 e. The summed E-state index contributed by atoms with van der Waals surface area (Å²) in [6.07, 6.45) is 5.11. The zero-order valence-electron chi connectivity index (χ0n) is 15.5. The van der Waals surface area contributed by atoms with Crippen LogP contribution in [0.5, 0.6) is 11.5 Å². The Kier molecular flexibility index (Phi) is 6.00. The van der Waals surface area contributed by atoms with Crippen LogP contribution in [0, 0.1) is 0 Å². The Morgan fingerprint density at radius 1 is 0.885 bits per heavy atom. The first-order chi connectivity index (χ1) is 12.7. The number of hydrogen-bond donors (Lipinski definition) is 1. The van der Waals surface area contributed by atoms with E-state index in [1.54, 1.807) is 32.4 Å². The molecular weight excluding hydrogens is 328 g/mol. The Bertz CT molecular complexity index is 713. The van der Waals surface area contributed by atoms with Crippen molar-refractivity contribution >= 4 is 17.3 Å². The fourth-order valence-electron chi connectivity index (χ4n) is 3.35. The number of amides is 1. The van der Waals surface area contributed by atoms with Crippen molar-refractivity contribution in [2.24, 2.45) is 0 Å². The lowest BCUT2D eigenvalue weighted by atomic mass is 10.1. The van der Waals surface area contributed by atoms with Crippen LogP contribution in [-0.4, -0.2) is 33.2 Å². The van der Waals surface area contributed by atoms with Crippen molar-refractivity contribution in [1.82, 2.24) is 0 Å². The third-order valence-corrected chi connectivity index (χ3v) is 4.75. The molecule has 2 aromatic rings. The van der Waals surface area contributed by atoms with Crippen LogP contribution >= 0.6 is 0 Å². The van der Waals surface area contributed by atoms with E-state index in [2.05, 4.69) is 22.3 Å². The van der Waals surface area contributed by atoms with Gasteiger partial charge in [-0.1, -0.05) is 18.9 Å². The van der Waals surface area contributed by atoms with E-state index in [-0.39, 0.29) is 5.91 Å². The molecule has 0 saturated carbocycles. The van der Waals surface area contributed by atoms with Gasteiger partial charge in [0.05, 0.1) is 14.2 Å².